The molecule has 7 heteroatoms. The quantitative estimate of drug-likeness (QED) is 0.336. The Labute approximate surface area is 130 Å². The number of carbonyl (C=O) groups excluding carboxylic acids is 2. The van der Waals surface area contributed by atoms with Crippen LogP contribution in [0.2, 0.25) is 0 Å². The van der Waals surface area contributed by atoms with Gasteiger partial charge in [0.15, 0.2) is 0 Å². The van der Waals surface area contributed by atoms with E-state index in [2.05, 4.69) is 20.7 Å². The van der Waals surface area contributed by atoms with Gasteiger partial charge in [-0.2, -0.15) is 0 Å². The van der Waals surface area contributed by atoms with E-state index in [1.54, 1.807) is 18.2 Å². The number of carbonyl (C=O) groups is 2. The molecular formula is C14H15BrO6. The molecule has 0 aliphatic rings. The largest absolute Gasteiger partial charge is 0.500 e. The van der Waals surface area contributed by atoms with Crippen molar-refractivity contribution in [3.05, 3.63) is 41.3 Å². The van der Waals surface area contributed by atoms with Gasteiger partial charge >= 0.3 is 11.9 Å². The second-order valence-corrected chi connectivity index (χ2v) is 4.29. The van der Waals surface area contributed by atoms with Crippen molar-refractivity contribution < 1.29 is 28.5 Å². The molecule has 0 spiro atoms. The van der Waals surface area contributed by atoms with Gasteiger partial charge in [-0.1, -0.05) is 28.1 Å². The summed E-state index contributed by atoms with van der Waals surface area (Å²) in [5.41, 5.74) is 0.892. The lowest BCUT2D eigenvalue weighted by atomic mass is 10.1. The van der Waals surface area contributed by atoms with Gasteiger partial charge in [0.25, 0.3) is 0 Å². The van der Waals surface area contributed by atoms with E-state index in [4.69, 9.17) is 14.2 Å². The van der Waals surface area contributed by atoms with Crippen LogP contribution in [0.3, 0.4) is 0 Å². The standard InChI is InChI=1S/C14H15BrO6/c1-18-8-11(13(16)19-2)21-10-6-4-5-9(7-15)12(10)14(17)20-3/h4-6,8H,7H2,1-3H3. The summed E-state index contributed by atoms with van der Waals surface area (Å²) in [6, 6.07) is 4.98. The van der Waals surface area contributed by atoms with Crippen molar-refractivity contribution in [1.29, 1.82) is 0 Å². The van der Waals surface area contributed by atoms with Crippen LogP contribution < -0.4 is 4.74 Å². The highest BCUT2D eigenvalue weighted by Gasteiger charge is 2.21. The van der Waals surface area contributed by atoms with Gasteiger partial charge in [0.2, 0.25) is 5.76 Å². The van der Waals surface area contributed by atoms with E-state index in [1.165, 1.54) is 21.3 Å². The number of halogens is 1. The maximum atomic E-state index is 11.9. The zero-order valence-electron chi connectivity index (χ0n) is 11.8. The highest BCUT2D eigenvalue weighted by atomic mass is 79.9. The summed E-state index contributed by atoms with van der Waals surface area (Å²) in [5, 5.41) is 0.427. The summed E-state index contributed by atoms with van der Waals surface area (Å²) < 4.78 is 19.5. The van der Waals surface area contributed by atoms with Gasteiger partial charge in [0.1, 0.15) is 17.6 Å². The lowest BCUT2D eigenvalue weighted by Gasteiger charge is -2.13. The minimum absolute atomic E-state index is 0.174. The topological polar surface area (TPSA) is 71.1 Å². The molecule has 0 aliphatic carbocycles. The van der Waals surface area contributed by atoms with Crippen molar-refractivity contribution in [2.24, 2.45) is 0 Å². The minimum Gasteiger partial charge on any atom is -0.500 e. The zero-order chi connectivity index (χ0) is 15.8. The first-order valence-electron chi connectivity index (χ1n) is 5.84. The molecule has 0 amide bonds. The van der Waals surface area contributed by atoms with Gasteiger partial charge in [-0.15, -0.1) is 0 Å². The summed E-state index contributed by atoms with van der Waals surface area (Å²) in [5.74, 6) is -1.30. The normalized spacial score (nSPS) is 10.8. The van der Waals surface area contributed by atoms with E-state index in [0.717, 1.165) is 6.26 Å². The van der Waals surface area contributed by atoms with Crippen molar-refractivity contribution >= 4 is 27.9 Å². The number of rotatable bonds is 6. The van der Waals surface area contributed by atoms with E-state index in [1.807, 2.05) is 0 Å². The second-order valence-electron chi connectivity index (χ2n) is 3.73. The van der Waals surface area contributed by atoms with E-state index >= 15 is 0 Å². The zero-order valence-corrected chi connectivity index (χ0v) is 13.4. The van der Waals surface area contributed by atoms with Gasteiger partial charge in [0.05, 0.1) is 21.3 Å². The third kappa shape index (κ3) is 4.22. The van der Waals surface area contributed by atoms with Crippen molar-refractivity contribution in [3.8, 4) is 5.75 Å². The fourth-order valence-electron chi connectivity index (χ4n) is 1.55. The first-order chi connectivity index (χ1) is 10.1. The summed E-state index contributed by atoms with van der Waals surface area (Å²) in [7, 11) is 3.84. The van der Waals surface area contributed by atoms with Gasteiger partial charge in [-0.05, 0) is 11.6 Å². The Morgan fingerprint density at radius 1 is 1.19 bits per heavy atom. The second kappa shape index (κ2) is 8.31. The van der Waals surface area contributed by atoms with Gasteiger partial charge < -0.3 is 18.9 Å². The van der Waals surface area contributed by atoms with Crippen LogP contribution in [0.1, 0.15) is 15.9 Å². The Kier molecular flexibility index (Phi) is 6.74. The van der Waals surface area contributed by atoms with Crippen molar-refractivity contribution in [2.75, 3.05) is 21.3 Å². The minimum atomic E-state index is -0.725. The van der Waals surface area contributed by atoms with Crippen LogP contribution in [-0.4, -0.2) is 33.3 Å². The highest BCUT2D eigenvalue weighted by molar-refractivity contribution is 9.08. The van der Waals surface area contributed by atoms with Crippen LogP contribution in [-0.2, 0) is 24.3 Å². The van der Waals surface area contributed by atoms with E-state index in [0.29, 0.717) is 10.9 Å². The summed E-state index contributed by atoms with van der Waals surface area (Å²) >= 11 is 3.29. The maximum absolute atomic E-state index is 11.9. The molecule has 1 rings (SSSR count). The van der Waals surface area contributed by atoms with Crippen LogP contribution in [0.4, 0.5) is 0 Å². The smallest absolute Gasteiger partial charge is 0.377 e. The third-order valence-corrected chi connectivity index (χ3v) is 3.08. The van der Waals surface area contributed by atoms with Crippen LogP contribution >= 0.6 is 15.9 Å². The average Bonchev–Trinajstić information content (AvgIpc) is 2.52. The molecule has 0 aliphatic heterocycles. The molecule has 0 bridgehead atoms. The molecule has 114 valence electrons. The molecule has 0 atom stereocenters. The van der Waals surface area contributed by atoms with Crippen LogP contribution in [0.5, 0.6) is 5.75 Å². The fourth-order valence-corrected chi connectivity index (χ4v) is 2.01. The first-order valence-corrected chi connectivity index (χ1v) is 6.96. The molecule has 0 saturated carbocycles. The van der Waals surface area contributed by atoms with Crippen LogP contribution in [0.25, 0.3) is 0 Å². The Balaban J connectivity index is 3.26. The molecule has 6 nitrogen and oxygen atoms in total. The number of hydrogen-bond acceptors (Lipinski definition) is 6. The summed E-state index contributed by atoms with van der Waals surface area (Å²) in [4.78, 5) is 23.5. The number of ether oxygens (including phenoxy) is 4. The van der Waals surface area contributed by atoms with Crippen LogP contribution in [0, 0.1) is 0 Å². The maximum Gasteiger partial charge on any atom is 0.377 e. The molecule has 0 saturated heterocycles. The molecule has 21 heavy (non-hydrogen) atoms. The number of methoxy groups -OCH3 is 3. The summed E-state index contributed by atoms with van der Waals surface area (Å²) in [6.07, 6.45) is 1.09. The molecule has 0 fully saturated rings. The number of alkyl halides is 1. The Morgan fingerprint density at radius 2 is 1.90 bits per heavy atom. The van der Waals surface area contributed by atoms with Crippen molar-refractivity contribution in [1.82, 2.24) is 0 Å². The lowest BCUT2D eigenvalue weighted by Crippen LogP contribution is -2.14. The predicted octanol–water partition coefficient (Wildman–Crippen LogP) is 2.41. The molecule has 0 heterocycles. The first kappa shape index (κ1) is 17.0. The number of esters is 2. The van der Waals surface area contributed by atoms with Crippen LogP contribution in [0.15, 0.2) is 30.2 Å². The highest BCUT2D eigenvalue weighted by Crippen LogP contribution is 2.27. The SMILES string of the molecule is COC=C(Oc1cccc(CBr)c1C(=O)OC)C(=O)OC. The molecule has 0 radical (unpaired) electrons. The molecular weight excluding hydrogens is 344 g/mol. The summed E-state index contributed by atoms with van der Waals surface area (Å²) in [6.45, 7) is 0. The Bertz CT molecular complexity index is 552. The molecule has 0 N–H and O–H groups in total. The molecule has 1 aromatic rings. The molecule has 0 aromatic heterocycles. The van der Waals surface area contributed by atoms with Gasteiger partial charge in [0, 0.05) is 5.33 Å². The number of benzene rings is 1. The predicted molar refractivity (Wildman–Crippen MR) is 78.1 cm³/mol. The number of hydrogen-bond donors (Lipinski definition) is 0. The lowest BCUT2D eigenvalue weighted by molar-refractivity contribution is -0.138. The molecule has 0 unspecified atom stereocenters. The Morgan fingerprint density at radius 3 is 2.43 bits per heavy atom. The van der Waals surface area contributed by atoms with E-state index in [-0.39, 0.29) is 17.1 Å². The van der Waals surface area contributed by atoms with Gasteiger partial charge in [-0.3, -0.25) is 0 Å². The average molecular weight is 359 g/mol. The van der Waals surface area contributed by atoms with Crippen molar-refractivity contribution in [3.63, 3.8) is 0 Å². The van der Waals surface area contributed by atoms with E-state index in [9.17, 15) is 9.59 Å². The van der Waals surface area contributed by atoms with Crippen molar-refractivity contribution in [2.45, 2.75) is 5.33 Å². The van der Waals surface area contributed by atoms with Gasteiger partial charge in [-0.25, -0.2) is 9.59 Å². The third-order valence-electron chi connectivity index (χ3n) is 2.48. The monoisotopic (exact) mass is 358 g/mol. The fraction of sp³-hybridized carbons (Fsp3) is 0.286. The molecule has 1 aromatic carbocycles. The van der Waals surface area contributed by atoms with E-state index < -0.39 is 11.9 Å². The Hall–Kier alpha value is -2.02.